The Morgan fingerprint density at radius 2 is 2.06 bits per heavy atom. The Morgan fingerprint density at radius 3 is 2.67 bits per heavy atom. The van der Waals surface area contributed by atoms with Crippen LogP contribution in [-0.4, -0.2) is 44.1 Å². The number of methoxy groups -OCH3 is 1. The minimum Gasteiger partial charge on any atom is -0.496 e. The number of carbonyl (C=O) groups excluding carboxylic acids is 1. The average molecular weight is 275 g/mol. The van der Waals surface area contributed by atoms with Gasteiger partial charge in [0.25, 0.3) is 5.91 Å². The van der Waals surface area contributed by atoms with E-state index in [0.717, 1.165) is 13.1 Å². The summed E-state index contributed by atoms with van der Waals surface area (Å²) in [5, 5.41) is 3.15. The highest BCUT2D eigenvalue weighted by Crippen LogP contribution is 2.22. The predicted octanol–water partition coefficient (Wildman–Crippen LogP) is 1.30. The van der Waals surface area contributed by atoms with Crippen LogP contribution in [0.25, 0.3) is 0 Å². The molecule has 0 unspecified atom stereocenters. The van der Waals surface area contributed by atoms with Crippen molar-refractivity contribution < 1.29 is 13.9 Å². The number of hydrogen-bond donors (Lipinski definition) is 1. The molecule has 4 nitrogen and oxygen atoms in total. The van der Waals surface area contributed by atoms with Crippen LogP contribution in [0.1, 0.15) is 10.4 Å². The Kier molecular flexibility index (Phi) is 5.37. The SMILES string of the molecule is COc1cccc(F)c1C(=O)N1CCNCC1.Cl. The number of hydrogen-bond acceptors (Lipinski definition) is 3. The zero-order valence-electron chi connectivity index (χ0n) is 10.1. The van der Waals surface area contributed by atoms with Gasteiger partial charge in [-0.1, -0.05) is 6.07 Å². The fourth-order valence-corrected chi connectivity index (χ4v) is 1.91. The van der Waals surface area contributed by atoms with Gasteiger partial charge in [0.15, 0.2) is 0 Å². The smallest absolute Gasteiger partial charge is 0.260 e. The third-order valence-corrected chi connectivity index (χ3v) is 2.81. The maximum Gasteiger partial charge on any atom is 0.260 e. The maximum absolute atomic E-state index is 13.7. The van der Waals surface area contributed by atoms with E-state index >= 15 is 0 Å². The van der Waals surface area contributed by atoms with Crippen molar-refractivity contribution in [3.05, 3.63) is 29.6 Å². The van der Waals surface area contributed by atoms with Crippen molar-refractivity contribution >= 4 is 18.3 Å². The molecule has 1 fully saturated rings. The van der Waals surface area contributed by atoms with Crippen molar-refractivity contribution in [3.8, 4) is 5.75 Å². The van der Waals surface area contributed by atoms with Crippen molar-refractivity contribution in [1.29, 1.82) is 0 Å². The lowest BCUT2D eigenvalue weighted by atomic mass is 10.1. The fraction of sp³-hybridized carbons (Fsp3) is 0.417. The van der Waals surface area contributed by atoms with Crippen molar-refractivity contribution in [2.24, 2.45) is 0 Å². The lowest BCUT2D eigenvalue weighted by molar-refractivity contribution is 0.0727. The summed E-state index contributed by atoms with van der Waals surface area (Å²) in [7, 11) is 1.43. The van der Waals surface area contributed by atoms with Gasteiger partial charge in [0.1, 0.15) is 17.1 Å². The predicted molar refractivity (Wildman–Crippen MR) is 69.0 cm³/mol. The van der Waals surface area contributed by atoms with Gasteiger partial charge in [-0.25, -0.2) is 4.39 Å². The summed E-state index contributed by atoms with van der Waals surface area (Å²) in [5.74, 6) is -0.553. The standard InChI is InChI=1S/C12H15FN2O2.ClH/c1-17-10-4-2-3-9(13)11(10)12(16)15-7-5-14-6-8-15;/h2-4,14H,5-8H2,1H3;1H. The van der Waals surface area contributed by atoms with E-state index in [9.17, 15) is 9.18 Å². The van der Waals surface area contributed by atoms with Crippen LogP contribution in [0.4, 0.5) is 4.39 Å². The van der Waals surface area contributed by atoms with Gasteiger partial charge in [-0.15, -0.1) is 12.4 Å². The van der Waals surface area contributed by atoms with E-state index in [1.807, 2.05) is 0 Å². The third-order valence-electron chi connectivity index (χ3n) is 2.81. The Balaban J connectivity index is 0.00000162. The Hall–Kier alpha value is -1.33. The van der Waals surface area contributed by atoms with Crippen molar-refractivity contribution in [3.63, 3.8) is 0 Å². The van der Waals surface area contributed by atoms with Gasteiger partial charge in [0, 0.05) is 26.2 Å². The van der Waals surface area contributed by atoms with E-state index in [0.29, 0.717) is 13.1 Å². The quantitative estimate of drug-likeness (QED) is 0.884. The molecule has 1 aliphatic rings. The molecule has 1 N–H and O–H groups in total. The van der Waals surface area contributed by atoms with Gasteiger partial charge in [-0.2, -0.15) is 0 Å². The second-order valence-corrected chi connectivity index (χ2v) is 3.86. The van der Waals surface area contributed by atoms with Crippen molar-refractivity contribution in [2.75, 3.05) is 33.3 Å². The number of benzene rings is 1. The minimum absolute atomic E-state index is 0. The number of amides is 1. The summed E-state index contributed by atoms with van der Waals surface area (Å²) in [4.78, 5) is 13.8. The molecule has 0 atom stereocenters. The number of halogens is 2. The Labute approximate surface area is 112 Å². The number of piperazine rings is 1. The first-order valence-corrected chi connectivity index (χ1v) is 5.56. The Bertz CT molecular complexity index is 423. The molecule has 1 heterocycles. The van der Waals surface area contributed by atoms with E-state index in [-0.39, 0.29) is 29.6 Å². The van der Waals surface area contributed by atoms with Crippen LogP contribution in [0.3, 0.4) is 0 Å². The van der Waals surface area contributed by atoms with Gasteiger partial charge >= 0.3 is 0 Å². The first kappa shape index (κ1) is 14.7. The molecule has 0 aliphatic carbocycles. The summed E-state index contributed by atoms with van der Waals surface area (Å²) in [6, 6.07) is 4.40. The lowest BCUT2D eigenvalue weighted by Crippen LogP contribution is -2.46. The molecule has 100 valence electrons. The topological polar surface area (TPSA) is 41.6 Å². The molecule has 0 spiro atoms. The van der Waals surface area contributed by atoms with Gasteiger partial charge < -0.3 is 15.0 Å². The normalized spacial score (nSPS) is 14.9. The lowest BCUT2D eigenvalue weighted by Gasteiger charge is -2.28. The van der Waals surface area contributed by atoms with Crippen LogP contribution in [-0.2, 0) is 0 Å². The highest BCUT2D eigenvalue weighted by Gasteiger charge is 2.24. The molecule has 2 rings (SSSR count). The van der Waals surface area contributed by atoms with Gasteiger partial charge in [0.2, 0.25) is 0 Å². The summed E-state index contributed by atoms with van der Waals surface area (Å²) in [5.41, 5.74) is 0.0249. The zero-order chi connectivity index (χ0) is 12.3. The second kappa shape index (κ2) is 6.56. The monoisotopic (exact) mass is 274 g/mol. The largest absolute Gasteiger partial charge is 0.496 e. The molecule has 0 bridgehead atoms. The molecule has 1 aromatic carbocycles. The molecule has 1 amide bonds. The van der Waals surface area contributed by atoms with Crippen molar-refractivity contribution in [2.45, 2.75) is 0 Å². The van der Waals surface area contributed by atoms with Crippen LogP contribution < -0.4 is 10.1 Å². The summed E-state index contributed by atoms with van der Waals surface area (Å²) in [6.45, 7) is 2.66. The highest BCUT2D eigenvalue weighted by atomic mass is 35.5. The molecule has 1 aromatic rings. The van der Waals surface area contributed by atoms with Crippen LogP contribution in [0.15, 0.2) is 18.2 Å². The summed E-state index contributed by atoms with van der Waals surface area (Å²) < 4.78 is 18.7. The van der Waals surface area contributed by atoms with Gasteiger partial charge in [-0.3, -0.25) is 4.79 Å². The van der Waals surface area contributed by atoms with E-state index < -0.39 is 5.82 Å². The first-order chi connectivity index (χ1) is 8.24. The van der Waals surface area contributed by atoms with Crippen LogP contribution in [0, 0.1) is 5.82 Å². The van der Waals surface area contributed by atoms with Crippen LogP contribution in [0.2, 0.25) is 0 Å². The van der Waals surface area contributed by atoms with E-state index in [2.05, 4.69) is 5.32 Å². The number of rotatable bonds is 2. The van der Waals surface area contributed by atoms with Gasteiger partial charge in [0.05, 0.1) is 7.11 Å². The third kappa shape index (κ3) is 2.91. The number of nitrogens with one attached hydrogen (secondary N) is 1. The highest BCUT2D eigenvalue weighted by molar-refractivity contribution is 5.97. The summed E-state index contributed by atoms with van der Waals surface area (Å²) in [6.07, 6.45) is 0. The molecule has 0 saturated carbocycles. The molecule has 0 aromatic heterocycles. The molecule has 1 saturated heterocycles. The fourth-order valence-electron chi connectivity index (χ4n) is 1.91. The van der Waals surface area contributed by atoms with Crippen LogP contribution in [0.5, 0.6) is 5.75 Å². The van der Waals surface area contributed by atoms with Crippen molar-refractivity contribution in [1.82, 2.24) is 10.2 Å². The van der Waals surface area contributed by atoms with E-state index in [1.54, 1.807) is 11.0 Å². The van der Waals surface area contributed by atoms with E-state index in [4.69, 9.17) is 4.74 Å². The Morgan fingerprint density at radius 1 is 1.39 bits per heavy atom. The molecule has 6 heteroatoms. The minimum atomic E-state index is -0.534. The second-order valence-electron chi connectivity index (χ2n) is 3.86. The summed E-state index contributed by atoms with van der Waals surface area (Å²) >= 11 is 0. The number of carbonyl (C=O) groups is 1. The molecular weight excluding hydrogens is 259 g/mol. The first-order valence-electron chi connectivity index (χ1n) is 5.56. The molecule has 0 radical (unpaired) electrons. The van der Waals surface area contributed by atoms with E-state index in [1.165, 1.54) is 19.2 Å². The van der Waals surface area contributed by atoms with Crippen LogP contribution >= 0.6 is 12.4 Å². The number of nitrogens with zero attached hydrogens (tertiary/aromatic N) is 1. The molecular formula is C12H16ClFN2O2. The molecule has 1 aliphatic heterocycles. The molecule has 18 heavy (non-hydrogen) atoms. The maximum atomic E-state index is 13.7. The van der Waals surface area contributed by atoms with Gasteiger partial charge in [-0.05, 0) is 12.1 Å². The zero-order valence-corrected chi connectivity index (χ0v) is 10.9. The average Bonchev–Trinajstić information content (AvgIpc) is 2.38. The number of ether oxygens (including phenoxy) is 1.